The third kappa shape index (κ3) is 1.62. The van der Waals surface area contributed by atoms with E-state index in [4.69, 9.17) is 4.74 Å². The minimum atomic E-state index is -0.555. The molecule has 3 saturated carbocycles. The molecule has 4 heteroatoms. The molecule has 1 unspecified atom stereocenters. The van der Waals surface area contributed by atoms with Crippen LogP contribution in [0.1, 0.15) is 58.8 Å². The fraction of sp³-hybridized carbons (Fsp3) is 0.952. The molecule has 3 heterocycles. The maximum atomic E-state index is 11.8. The van der Waals surface area contributed by atoms with Crippen molar-refractivity contribution in [3.8, 4) is 0 Å². The van der Waals surface area contributed by atoms with Gasteiger partial charge in [0.05, 0.1) is 6.42 Å². The van der Waals surface area contributed by atoms with Gasteiger partial charge in [0, 0.05) is 24.9 Å². The third-order valence-electron chi connectivity index (χ3n) is 10.2. The van der Waals surface area contributed by atoms with Gasteiger partial charge in [-0.1, -0.05) is 13.8 Å². The first-order valence-corrected chi connectivity index (χ1v) is 10.5. The van der Waals surface area contributed by atoms with Crippen LogP contribution in [0.25, 0.3) is 0 Å². The van der Waals surface area contributed by atoms with E-state index in [1.165, 1.54) is 25.7 Å². The predicted octanol–water partition coefficient (Wildman–Crippen LogP) is 2.79. The molecule has 1 N–H and O–H groups in total. The zero-order valence-electron chi connectivity index (χ0n) is 15.5. The fourth-order valence-corrected chi connectivity index (χ4v) is 9.08. The van der Waals surface area contributed by atoms with Crippen molar-refractivity contribution in [1.29, 1.82) is 0 Å². The molecule has 6 fully saturated rings. The Kier molecular flexibility index (Phi) is 2.74. The first-order chi connectivity index (χ1) is 11.9. The second kappa shape index (κ2) is 4.44. The molecule has 0 aromatic heterocycles. The van der Waals surface area contributed by atoms with Crippen molar-refractivity contribution in [3.05, 3.63) is 0 Å². The van der Waals surface area contributed by atoms with Gasteiger partial charge in [-0.15, -0.1) is 0 Å². The number of hydrogen-bond donors (Lipinski definition) is 1. The van der Waals surface area contributed by atoms with Crippen molar-refractivity contribution in [3.63, 3.8) is 0 Å². The number of ether oxygens (including phenoxy) is 1. The van der Waals surface area contributed by atoms with Crippen molar-refractivity contribution in [2.75, 3.05) is 13.1 Å². The summed E-state index contributed by atoms with van der Waals surface area (Å²) in [6.45, 7) is 7.10. The molecule has 0 aromatic carbocycles. The number of fused-ring (bicyclic) bond motifs is 6. The Bertz CT molecular complexity index is 651. The molecule has 0 spiro atoms. The van der Waals surface area contributed by atoms with Crippen molar-refractivity contribution >= 4 is 5.97 Å². The molecular formula is C21H31NO3. The number of aliphatic hydroxyl groups is 1. The van der Waals surface area contributed by atoms with Gasteiger partial charge in [-0.3, -0.25) is 9.69 Å². The normalized spacial score (nSPS) is 64.4. The average Bonchev–Trinajstić information content (AvgIpc) is 3.10. The van der Waals surface area contributed by atoms with Crippen molar-refractivity contribution in [2.24, 2.45) is 40.4 Å². The summed E-state index contributed by atoms with van der Waals surface area (Å²) in [6, 6.07) is 0. The topological polar surface area (TPSA) is 49.8 Å². The van der Waals surface area contributed by atoms with Crippen LogP contribution in [-0.4, -0.2) is 40.9 Å². The number of piperidine rings is 1. The highest BCUT2D eigenvalue weighted by molar-refractivity contribution is 5.72. The molecule has 0 radical (unpaired) electrons. The fourth-order valence-electron chi connectivity index (χ4n) is 9.08. The van der Waals surface area contributed by atoms with Crippen LogP contribution in [0.5, 0.6) is 0 Å². The number of rotatable bonds is 0. The molecule has 6 aliphatic rings. The molecule has 3 aliphatic heterocycles. The second-order valence-corrected chi connectivity index (χ2v) is 10.7. The van der Waals surface area contributed by atoms with E-state index < -0.39 is 5.72 Å². The molecule has 138 valence electrons. The molecule has 3 aliphatic carbocycles. The molecular weight excluding hydrogens is 314 g/mol. The standard InChI is InChI=1S/C21H31NO3/c1-19-5-3-13-12(14(19)9-16-15(19)10-18(23)25-16)11-21(24)17-4-7-22(21)8-6-20(13,17)2/h12-17,24H,3-11H2,1-2H3/t12-,13+,14+,15+,16+,17-,19+,20-,21-/m1/s1. The van der Waals surface area contributed by atoms with Crippen LogP contribution in [0.2, 0.25) is 0 Å². The quantitative estimate of drug-likeness (QED) is 0.686. The first kappa shape index (κ1) is 15.4. The number of carbonyl (C=O) groups is 1. The Hall–Kier alpha value is -0.610. The maximum Gasteiger partial charge on any atom is 0.306 e. The second-order valence-electron chi connectivity index (χ2n) is 10.7. The van der Waals surface area contributed by atoms with Crippen LogP contribution in [0, 0.1) is 40.4 Å². The van der Waals surface area contributed by atoms with Crippen LogP contribution in [0.15, 0.2) is 0 Å². The van der Waals surface area contributed by atoms with Gasteiger partial charge in [0.2, 0.25) is 0 Å². The number of hydrogen-bond acceptors (Lipinski definition) is 4. The van der Waals surface area contributed by atoms with Gasteiger partial charge in [-0.2, -0.15) is 0 Å². The van der Waals surface area contributed by atoms with Crippen LogP contribution < -0.4 is 0 Å². The van der Waals surface area contributed by atoms with Crippen molar-refractivity contribution in [2.45, 2.75) is 70.6 Å². The van der Waals surface area contributed by atoms with Gasteiger partial charge < -0.3 is 9.84 Å². The Morgan fingerprint density at radius 1 is 1.08 bits per heavy atom. The van der Waals surface area contributed by atoms with E-state index in [0.717, 1.165) is 31.8 Å². The molecule has 10 atom stereocenters. The molecule has 6 rings (SSSR count). The Labute approximate surface area is 150 Å². The van der Waals surface area contributed by atoms with E-state index in [0.29, 0.717) is 35.5 Å². The van der Waals surface area contributed by atoms with Gasteiger partial charge in [0.1, 0.15) is 11.8 Å². The van der Waals surface area contributed by atoms with Crippen LogP contribution in [0.3, 0.4) is 0 Å². The Morgan fingerprint density at radius 2 is 1.92 bits per heavy atom. The summed E-state index contributed by atoms with van der Waals surface area (Å²) in [7, 11) is 0. The third-order valence-corrected chi connectivity index (χ3v) is 10.2. The predicted molar refractivity (Wildman–Crippen MR) is 92.4 cm³/mol. The minimum absolute atomic E-state index is 0.0204. The van der Waals surface area contributed by atoms with Gasteiger partial charge in [-0.05, 0) is 67.1 Å². The number of esters is 1. The van der Waals surface area contributed by atoms with Gasteiger partial charge in [0.25, 0.3) is 0 Å². The van der Waals surface area contributed by atoms with Crippen LogP contribution in [0.4, 0.5) is 0 Å². The maximum absolute atomic E-state index is 11.8. The average molecular weight is 345 g/mol. The van der Waals surface area contributed by atoms with E-state index in [1.54, 1.807) is 0 Å². The molecule has 0 amide bonds. The summed E-state index contributed by atoms with van der Waals surface area (Å²) in [5.74, 6) is 2.90. The lowest BCUT2D eigenvalue weighted by Gasteiger charge is -2.65. The monoisotopic (exact) mass is 345 g/mol. The molecule has 0 aromatic rings. The lowest BCUT2D eigenvalue weighted by Crippen LogP contribution is -2.67. The van der Waals surface area contributed by atoms with E-state index in [2.05, 4.69) is 18.7 Å². The zero-order chi connectivity index (χ0) is 17.2. The Balaban J connectivity index is 1.41. The van der Waals surface area contributed by atoms with Gasteiger partial charge >= 0.3 is 5.97 Å². The number of carbonyl (C=O) groups excluding carboxylic acids is 1. The van der Waals surface area contributed by atoms with E-state index in [1.807, 2.05) is 0 Å². The SMILES string of the molecule is C[C@]12CC[C@H]3[C@@H](C[C@@]4(O)[C@@H]5CCN4CC[C@@]53C)[C@@H]1C[C@@H]1OC(=O)C[C@@H]12. The summed E-state index contributed by atoms with van der Waals surface area (Å²) in [5.41, 5.74) is -0.00804. The smallest absolute Gasteiger partial charge is 0.306 e. The van der Waals surface area contributed by atoms with Gasteiger partial charge in [0.15, 0.2) is 0 Å². The molecule has 4 bridgehead atoms. The first-order valence-electron chi connectivity index (χ1n) is 10.5. The number of nitrogens with zero attached hydrogens (tertiary/aromatic N) is 1. The van der Waals surface area contributed by atoms with E-state index in [9.17, 15) is 9.90 Å². The molecule has 3 saturated heterocycles. The van der Waals surface area contributed by atoms with E-state index >= 15 is 0 Å². The summed E-state index contributed by atoms with van der Waals surface area (Å²) in [6.07, 6.45) is 7.77. The minimum Gasteiger partial charge on any atom is -0.462 e. The lowest BCUT2D eigenvalue weighted by molar-refractivity contribution is -0.252. The molecule has 4 nitrogen and oxygen atoms in total. The summed E-state index contributed by atoms with van der Waals surface area (Å²) >= 11 is 0. The van der Waals surface area contributed by atoms with Gasteiger partial charge in [-0.25, -0.2) is 0 Å². The summed E-state index contributed by atoms with van der Waals surface area (Å²) < 4.78 is 5.71. The highest BCUT2D eigenvalue weighted by atomic mass is 16.6. The largest absolute Gasteiger partial charge is 0.462 e. The summed E-state index contributed by atoms with van der Waals surface area (Å²) in [4.78, 5) is 14.2. The zero-order valence-corrected chi connectivity index (χ0v) is 15.5. The highest BCUT2D eigenvalue weighted by Crippen LogP contribution is 2.71. The molecule has 25 heavy (non-hydrogen) atoms. The lowest BCUT2D eigenvalue weighted by atomic mass is 9.44. The van der Waals surface area contributed by atoms with Crippen molar-refractivity contribution in [1.82, 2.24) is 4.90 Å². The van der Waals surface area contributed by atoms with Crippen LogP contribution in [-0.2, 0) is 9.53 Å². The highest BCUT2D eigenvalue weighted by Gasteiger charge is 2.70. The summed E-state index contributed by atoms with van der Waals surface area (Å²) in [5, 5.41) is 11.7. The van der Waals surface area contributed by atoms with Crippen LogP contribution >= 0.6 is 0 Å². The Morgan fingerprint density at radius 3 is 2.76 bits per heavy atom. The van der Waals surface area contributed by atoms with Crippen molar-refractivity contribution < 1.29 is 14.6 Å². The van der Waals surface area contributed by atoms with E-state index in [-0.39, 0.29) is 17.5 Å².